The summed E-state index contributed by atoms with van der Waals surface area (Å²) < 4.78 is 28.6. The maximum atomic E-state index is 14.0. The van der Waals surface area contributed by atoms with Crippen LogP contribution in [0.4, 0.5) is 5.69 Å². The summed E-state index contributed by atoms with van der Waals surface area (Å²) >= 11 is 12.7. The van der Waals surface area contributed by atoms with Crippen LogP contribution in [0.15, 0.2) is 77.7 Å². The highest BCUT2D eigenvalue weighted by atomic mass is 35.5. The first-order chi connectivity index (χ1) is 18.6. The molecule has 0 bridgehead atoms. The van der Waals surface area contributed by atoms with Crippen LogP contribution in [0.25, 0.3) is 0 Å². The van der Waals surface area contributed by atoms with Crippen molar-refractivity contribution in [3.63, 3.8) is 0 Å². The number of carbonyl (C=O) groups is 2. The molecule has 0 aliphatic rings. The van der Waals surface area contributed by atoms with Crippen molar-refractivity contribution in [2.24, 2.45) is 0 Å². The van der Waals surface area contributed by atoms with Crippen molar-refractivity contribution in [1.29, 1.82) is 0 Å². The van der Waals surface area contributed by atoms with Gasteiger partial charge in [-0.05, 0) is 55.7 Å². The molecule has 208 valence electrons. The number of hydrogen-bond donors (Lipinski definition) is 1. The van der Waals surface area contributed by atoms with Crippen LogP contribution in [0, 0.1) is 6.92 Å². The van der Waals surface area contributed by atoms with E-state index < -0.39 is 28.5 Å². The second-order valence-corrected chi connectivity index (χ2v) is 11.9. The van der Waals surface area contributed by atoms with Crippen molar-refractivity contribution in [1.82, 2.24) is 10.2 Å². The van der Waals surface area contributed by atoms with E-state index in [0.717, 1.165) is 21.9 Å². The van der Waals surface area contributed by atoms with Crippen molar-refractivity contribution in [3.8, 4) is 0 Å². The smallest absolute Gasteiger partial charge is 0.264 e. The maximum Gasteiger partial charge on any atom is 0.264 e. The quantitative estimate of drug-likeness (QED) is 0.288. The average Bonchev–Trinajstić information content (AvgIpc) is 2.92. The minimum Gasteiger partial charge on any atom is -0.354 e. The lowest BCUT2D eigenvalue weighted by atomic mass is 10.1. The monoisotopic (exact) mass is 589 g/mol. The standard InChI is InChI=1S/C29H33Cl2N3O4S/c1-4-16-32-29(36)26(5-2)33(19-22-11-9-10-21(3)17-22)28(35)20-34(27-18-23(30)14-15-25(27)31)39(37,38)24-12-7-6-8-13-24/h6-15,17-18,26H,4-5,16,19-20H2,1-3H3,(H,32,36)/t26-/m0/s1. The van der Waals surface area contributed by atoms with Gasteiger partial charge in [-0.3, -0.25) is 13.9 Å². The van der Waals surface area contributed by atoms with E-state index in [4.69, 9.17) is 23.2 Å². The van der Waals surface area contributed by atoms with Crippen molar-refractivity contribution in [2.45, 2.75) is 51.1 Å². The van der Waals surface area contributed by atoms with Crippen molar-refractivity contribution in [3.05, 3.63) is 94.0 Å². The average molecular weight is 591 g/mol. The first-order valence-electron chi connectivity index (χ1n) is 12.7. The lowest BCUT2D eigenvalue weighted by molar-refractivity contribution is -0.140. The van der Waals surface area contributed by atoms with Crippen LogP contribution < -0.4 is 9.62 Å². The number of nitrogens with one attached hydrogen (secondary N) is 1. The number of amides is 2. The Morgan fingerprint density at radius 2 is 1.67 bits per heavy atom. The van der Waals surface area contributed by atoms with Gasteiger partial charge in [0.15, 0.2) is 0 Å². The maximum absolute atomic E-state index is 14.0. The summed E-state index contributed by atoms with van der Waals surface area (Å²) in [7, 11) is -4.23. The molecule has 7 nitrogen and oxygen atoms in total. The summed E-state index contributed by atoms with van der Waals surface area (Å²) in [5, 5.41) is 3.25. The van der Waals surface area contributed by atoms with Crippen LogP contribution in [-0.2, 0) is 26.2 Å². The lowest BCUT2D eigenvalue weighted by Gasteiger charge is -2.33. The Morgan fingerprint density at radius 3 is 2.31 bits per heavy atom. The zero-order chi connectivity index (χ0) is 28.6. The Balaban J connectivity index is 2.08. The summed E-state index contributed by atoms with van der Waals surface area (Å²) in [4.78, 5) is 28.6. The fourth-order valence-corrected chi connectivity index (χ4v) is 6.08. The van der Waals surface area contributed by atoms with E-state index in [0.29, 0.717) is 13.0 Å². The molecule has 3 aromatic rings. The summed E-state index contributed by atoms with van der Waals surface area (Å²) in [6.45, 7) is 5.71. The normalized spacial score (nSPS) is 12.0. The van der Waals surface area contributed by atoms with E-state index in [1.807, 2.05) is 45.0 Å². The molecule has 3 aromatic carbocycles. The van der Waals surface area contributed by atoms with Crippen LogP contribution >= 0.6 is 23.2 Å². The number of rotatable bonds is 12. The molecule has 0 aliphatic heterocycles. The summed E-state index contributed by atoms with van der Waals surface area (Å²) in [6, 6.07) is 19.0. The number of nitrogens with zero attached hydrogens (tertiary/aromatic N) is 2. The molecule has 0 aromatic heterocycles. The van der Waals surface area contributed by atoms with Gasteiger partial charge in [0, 0.05) is 18.1 Å². The molecular weight excluding hydrogens is 557 g/mol. The molecule has 1 N–H and O–H groups in total. The fraction of sp³-hybridized carbons (Fsp3) is 0.310. The highest BCUT2D eigenvalue weighted by molar-refractivity contribution is 7.92. The zero-order valence-corrected chi connectivity index (χ0v) is 24.6. The molecule has 0 heterocycles. The Bertz CT molecular complexity index is 1400. The van der Waals surface area contributed by atoms with Gasteiger partial charge in [0.1, 0.15) is 12.6 Å². The highest BCUT2D eigenvalue weighted by Gasteiger charge is 2.34. The minimum absolute atomic E-state index is 0.00759. The van der Waals surface area contributed by atoms with Gasteiger partial charge in [0.25, 0.3) is 10.0 Å². The minimum atomic E-state index is -4.23. The van der Waals surface area contributed by atoms with Crippen molar-refractivity contribution < 1.29 is 18.0 Å². The summed E-state index contributed by atoms with van der Waals surface area (Å²) in [5.41, 5.74) is 1.89. The zero-order valence-electron chi connectivity index (χ0n) is 22.2. The first-order valence-corrected chi connectivity index (χ1v) is 14.9. The largest absolute Gasteiger partial charge is 0.354 e. The fourth-order valence-electron chi connectivity index (χ4n) is 4.20. The molecule has 3 rings (SSSR count). The highest BCUT2D eigenvalue weighted by Crippen LogP contribution is 2.33. The second kappa shape index (κ2) is 13.8. The molecule has 0 aliphatic carbocycles. The number of benzene rings is 3. The molecule has 0 saturated heterocycles. The molecule has 10 heteroatoms. The molecular formula is C29H33Cl2N3O4S. The van der Waals surface area contributed by atoms with Gasteiger partial charge in [0.05, 0.1) is 15.6 Å². The number of hydrogen-bond acceptors (Lipinski definition) is 4. The van der Waals surface area contributed by atoms with Gasteiger partial charge in [0.2, 0.25) is 11.8 Å². The van der Waals surface area contributed by atoms with E-state index in [9.17, 15) is 18.0 Å². The number of aryl methyl sites for hydroxylation is 1. The first kappa shape index (κ1) is 30.5. The van der Waals surface area contributed by atoms with Gasteiger partial charge in [-0.2, -0.15) is 0 Å². The number of sulfonamides is 1. The van der Waals surface area contributed by atoms with Gasteiger partial charge in [-0.15, -0.1) is 0 Å². The van der Waals surface area contributed by atoms with E-state index >= 15 is 0 Å². The number of carbonyl (C=O) groups excluding carboxylic acids is 2. The topological polar surface area (TPSA) is 86.8 Å². The van der Waals surface area contributed by atoms with Crippen LogP contribution in [0.5, 0.6) is 0 Å². The van der Waals surface area contributed by atoms with Crippen LogP contribution in [-0.4, -0.2) is 44.3 Å². The second-order valence-electron chi connectivity index (χ2n) is 9.15. The molecule has 2 amide bonds. The van der Waals surface area contributed by atoms with Gasteiger partial charge < -0.3 is 10.2 Å². The van der Waals surface area contributed by atoms with Crippen LogP contribution in [0.3, 0.4) is 0 Å². The Labute approximate surface area is 240 Å². The van der Waals surface area contributed by atoms with Gasteiger partial charge >= 0.3 is 0 Å². The van der Waals surface area contributed by atoms with Crippen molar-refractivity contribution >= 4 is 50.7 Å². The Kier molecular flexibility index (Phi) is 10.8. The molecule has 0 radical (unpaired) electrons. The van der Waals surface area contributed by atoms with E-state index in [2.05, 4.69) is 5.32 Å². The van der Waals surface area contributed by atoms with Crippen LogP contribution in [0.2, 0.25) is 10.0 Å². The summed E-state index contributed by atoms with van der Waals surface area (Å²) in [6.07, 6.45) is 1.08. The van der Waals surface area contributed by atoms with E-state index in [-0.39, 0.29) is 33.1 Å². The molecule has 0 spiro atoms. The third kappa shape index (κ3) is 7.75. The lowest BCUT2D eigenvalue weighted by Crippen LogP contribution is -2.52. The SMILES string of the molecule is CCCNC(=O)[C@H](CC)N(Cc1cccc(C)c1)C(=O)CN(c1cc(Cl)ccc1Cl)S(=O)(=O)c1ccccc1. The van der Waals surface area contributed by atoms with Gasteiger partial charge in [-0.25, -0.2) is 8.42 Å². The molecule has 0 unspecified atom stereocenters. The predicted molar refractivity (Wildman–Crippen MR) is 157 cm³/mol. The Morgan fingerprint density at radius 1 is 0.949 bits per heavy atom. The van der Waals surface area contributed by atoms with Crippen LogP contribution in [0.1, 0.15) is 37.8 Å². The third-order valence-electron chi connectivity index (χ3n) is 6.16. The molecule has 39 heavy (non-hydrogen) atoms. The molecule has 1 atom stereocenters. The third-order valence-corrected chi connectivity index (χ3v) is 8.49. The molecule has 0 fully saturated rings. The Hall–Kier alpha value is -3.07. The predicted octanol–water partition coefficient (Wildman–Crippen LogP) is 5.83. The van der Waals surface area contributed by atoms with Gasteiger partial charge in [-0.1, -0.05) is 85.1 Å². The summed E-state index contributed by atoms with van der Waals surface area (Å²) in [5.74, 6) is -0.843. The van der Waals surface area contributed by atoms with Crippen molar-refractivity contribution in [2.75, 3.05) is 17.4 Å². The van der Waals surface area contributed by atoms with E-state index in [1.54, 1.807) is 18.2 Å². The molecule has 0 saturated carbocycles. The van der Waals surface area contributed by atoms with E-state index in [1.165, 1.54) is 35.2 Å². The number of anilines is 1. The number of halogens is 2.